The van der Waals surface area contributed by atoms with Crippen molar-refractivity contribution in [2.24, 2.45) is 0 Å². The van der Waals surface area contributed by atoms with Gasteiger partial charge in [-0.15, -0.1) is 0 Å². The lowest BCUT2D eigenvalue weighted by Crippen LogP contribution is -2.22. The predicted octanol–water partition coefficient (Wildman–Crippen LogP) is 5.21. The maximum absolute atomic E-state index is 13.5. The summed E-state index contributed by atoms with van der Waals surface area (Å²) >= 11 is 0. The number of para-hydroxylation sites is 1. The van der Waals surface area contributed by atoms with Crippen molar-refractivity contribution in [3.8, 4) is 11.1 Å². The summed E-state index contributed by atoms with van der Waals surface area (Å²) in [4.78, 5) is 12.5. The van der Waals surface area contributed by atoms with Crippen LogP contribution in [0, 0.1) is 5.82 Å². The summed E-state index contributed by atoms with van der Waals surface area (Å²) in [5.74, 6) is -0.707. The Morgan fingerprint density at radius 3 is 2.38 bits per heavy atom. The number of rotatable bonds is 6. The van der Waals surface area contributed by atoms with Crippen LogP contribution in [0.15, 0.2) is 107 Å². The molecule has 0 unspecified atom stereocenters. The number of aromatic nitrogens is 1. The Labute approximate surface area is 195 Å². The molecule has 0 aliphatic heterocycles. The number of nitrogens with zero attached hydrogens (tertiary/aromatic N) is 1. The van der Waals surface area contributed by atoms with Crippen LogP contribution in [0.5, 0.6) is 0 Å². The predicted molar refractivity (Wildman–Crippen MR) is 126 cm³/mol. The molecule has 5 aromatic rings. The van der Waals surface area contributed by atoms with Gasteiger partial charge in [0.05, 0.1) is 22.9 Å². The molecule has 3 aromatic carbocycles. The third kappa shape index (κ3) is 3.99. The van der Waals surface area contributed by atoms with Crippen molar-refractivity contribution in [3.05, 3.63) is 115 Å². The Morgan fingerprint density at radius 2 is 1.68 bits per heavy atom. The number of nitrogens with one attached hydrogen (secondary N) is 1. The molecule has 5 rings (SSSR count). The summed E-state index contributed by atoms with van der Waals surface area (Å²) in [7, 11) is -3.92. The molecule has 0 atom stereocenters. The largest absolute Gasteiger partial charge is 0.472 e. The van der Waals surface area contributed by atoms with Gasteiger partial charge in [-0.05, 0) is 54.1 Å². The van der Waals surface area contributed by atoms with Gasteiger partial charge < -0.3 is 9.73 Å². The molecule has 0 bridgehead atoms. The van der Waals surface area contributed by atoms with E-state index in [1.807, 2.05) is 12.1 Å². The van der Waals surface area contributed by atoms with Gasteiger partial charge in [-0.2, -0.15) is 0 Å². The fraction of sp³-hybridized carbons (Fsp3) is 0.0385. The molecule has 2 heterocycles. The highest BCUT2D eigenvalue weighted by Crippen LogP contribution is 2.33. The lowest BCUT2D eigenvalue weighted by Gasteiger charge is -2.09. The van der Waals surface area contributed by atoms with Crippen molar-refractivity contribution in [2.45, 2.75) is 11.4 Å². The Hall–Kier alpha value is -4.17. The molecule has 0 saturated heterocycles. The molecule has 8 heteroatoms. The van der Waals surface area contributed by atoms with Gasteiger partial charge in [0.25, 0.3) is 15.9 Å². The van der Waals surface area contributed by atoms with Gasteiger partial charge in [-0.3, -0.25) is 4.79 Å². The van der Waals surface area contributed by atoms with Gasteiger partial charge in [0, 0.05) is 34.8 Å². The first kappa shape index (κ1) is 21.7. The van der Waals surface area contributed by atoms with E-state index < -0.39 is 10.0 Å². The van der Waals surface area contributed by atoms with Crippen molar-refractivity contribution < 1.29 is 22.0 Å². The molecule has 0 aliphatic carbocycles. The number of carbonyl (C=O) groups excluding carboxylic acids is 1. The molecule has 0 saturated carbocycles. The fourth-order valence-electron chi connectivity index (χ4n) is 3.78. The second-order valence-electron chi connectivity index (χ2n) is 7.71. The molecule has 1 amide bonds. The quantitative estimate of drug-likeness (QED) is 0.366. The van der Waals surface area contributed by atoms with Gasteiger partial charge in [-0.25, -0.2) is 16.8 Å². The van der Waals surface area contributed by atoms with E-state index in [9.17, 15) is 17.6 Å². The van der Waals surface area contributed by atoms with E-state index in [4.69, 9.17) is 4.42 Å². The van der Waals surface area contributed by atoms with Crippen LogP contribution in [0.25, 0.3) is 22.0 Å². The van der Waals surface area contributed by atoms with Gasteiger partial charge in [0.2, 0.25) is 0 Å². The first-order valence-corrected chi connectivity index (χ1v) is 11.9. The van der Waals surface area contributed by atoms with Crippen LogP contribution in [0.2, 0.25) is 0 Å². The molecule has 2 aromatic heterocycles. The molecule has 0 aliphatic rings. The topological polar surface area (TPSA) is 81.3 Å². The summed E-state index contributed by atoms with van der Waals surface area (Å²) in [6.45, 7) is 0.227. The molecular formula is C26H19FN2O4S. The van der Waals surface area contributed by atoms with Crippen molar-refractivity contribution in [3.63, 3.8) is 0 Å². The zero-order valence-corrected chi connectivity index (χ0v) is 18.6. The third-order valence-corrected chi connectivity index (χ3v) is 7.24. The van der Waals surface area contributed by atoms with E-state index in [0.717, 1.165) is 22.1 Å². The minimum absolute atomic E-state index is 0.0575. The summed E-state index contributed by atoms with van der Waals surface area (Å²) in [6, 6.07) is 20.6. The standard InChI is InChI=1S/C26H19FN2O4S/c27-21-9-5-18(6-10-21)15-28-26(30)19-7-11-22(12-8-19)34(31,32)29-16-24(20-13-14-33-17-20)23-3-1-2-4-25(23)29/h1-14,16-17H,15H2,(H,28,30). The minimum atomic E-state index is -3.92. The summed E-state index contributed by atoms with van der Waals surface area (Å²) in [5, 5.41) is 3.52. The van der Waals surface area contributed by atoms with E-state index in [1.54, 1.807) is 42.8 Å². The Balaban J connectivity index is 1.41. The van der Waals surface area contributed by atoms with Crippen molar-refractivity contribution in [1.29, 1.82) is 0 Å². The summed E-state index contributed by atoms with van der Waals surface area (Å²) < 4.78 is 46.4. The molecule has 1 N–H and O–H groups in total. The molecule has 6 nitrogen and oxygen atoms in total. The lowest BCUT2D eigenvalue weighted by atomic mass is 10.1. The van der Waals surface area contributed by atoms with E-state index >= 15 is 0 Å². The van der Waals surface area contributed by atoms with Crippen LogP contribution >= 0.6 is 0 Å². The Kier molecular flexibility index (Phi) is 5.51. The second kappa shape index (κ2) is 8.64. The first-order chi connectivity index (χ1) is 16.4. The van der Waals surface area contributed by atoms with Crippen LogP contribution in [0.1, 0.15) is 15.9 Å². The molecule has 34 heavy (non-hydrogen) atoms. The van der Waals surface area contributed by atoms with Crippen LogP contribution in [-0.4, -0.2) is 18.3 Å². The summed E-state index contributed by atoms with van der Waals surface area (Å²) in [6.07, 6.45) is 4.68. The highest BCUT2D eigenvalue weighted by Gasteiger charge is 2.22. The van der Waals surface area contributed by atoms with Gasteiger partial charge in [-0.1, -0.05) is 30.3 Å². The number of hydrogen-bond donors (Lipinski definition) is 1. The van der Waals surface area contributed by atoms with Crippen LogP contribution in [0.4, 0.5) is 4.39 Å². The highest BCUT2D eigenvalue weighted by atomic mass is 32.2. The number of amides is 1. The Morgan fingerprint density at radius 1 is 0.941 bits per heavy atom. The minimum Gasteiger partial charge on any atom is -0.472 e. The summed E-state index contributed by atoms with van der Waals surface area (Å²) in [5.41, 5.74) is 3.13. The number of carbonyl (C=O) groups is 1. The zero-order valence-electron chi connectivity index (χ0n) is 17.8. The van der Waals surface area contributed by atoms with E-state index in [0.29, 0.717) is 11.1 Å². The number of halogens is 1. The number of hydrogen-bond acceptors (Lipinski definition) is 4. The van der Waals surface area contributed by atoms with E-state index in [-0.39, 0.29) is 23.2 Å². The number of furan rings is 1. The molecule has 0 radical (unpaired) electrons. The van der Waals surface area contributed by atoms with Gasteiger partial charge in [0.1, 0.15) is 5.82 Å². The van der Waals surface area contributed by atoms with Crippen molar-refractivity contribution in [1.82, 2.24) is 9.29 Å². The fourth-order valence-corrected chi connectivity index (χ4v) is 5.14. The van der Waals surface area contributed by atoms with Crippen LogP contribution in [0.3, 0.4) is 0 Å². The van der Waals surface area contributed by atoms with E-state index in [1.165, 1.54) is 46.6 Å². The van der Waals surface area contributed by atoms with Crippen LogP contribution in [-0.2, 0) is 16.6 Å². The maximum Gasteiger partial charge on any atom is 0.268 e. The number of fused-ring (bicyclic) bond motifs is 1. The zero-order chi connectivity index (χ0) is 23.7. The molecule has 0 fully saturated rings. The average molecular weight is 475 g/mol. The van der Waals surface area contributed by atoms with Gasteiger partial charge >= 0.3 is 0 Å². The smallest absolute Gasteiger partial charge is 0.268 e. The molecular weight excluding hydrogens is 455 g/mol. The first-order valence-electron chi connectivity index (χ1n) is 10.4. The number of benzene rings is 3. The molecule has 0 spiro atoms. The average Bonchev–Trinajstić information content (AvgIpc) is 3.52. The molecule has 170 valence electrons. The van der Waals surface area contributed by atoms with Crippen molar-refractivity contribution in [2.75, 3.05) is 0 Å². The van der Waals surface area contributed by atoms with Crippen LogP contribution < -0.4 is 5.32 Å². The SMILES string of the molecule is O=C(NCc1ccc(F)cc1)c1ccc(S(=O)(=O)n2cc(-c3ccoc3)c3ccccc32)cc1. The highest BCUT2D eigenvalue weighted by molar-refractivity contribution is 7.90. The lowest BCUT2D eigenvalue weighted by molar-refractivity contribution is 0.0951. The van der Waals surface area contributed by atoms with Gasteiger partial charge in [0.15, 0.2) is 0 Å². The monoisotopic (exact) mass is 474 g/mol. The normalized spacial score (nSPS) is 11.6. The second-order valence-corrected chi connectivity index (χ2v) is 9.52. The maximum atomic E-state index is 13.5. The third-order valence-electron chi connectivity index (χ3n) is 5.55. The van der Waals surface area contributed by atoms with E-state index in [2.05, 4.69) is 5.32 Å². The Bertz CT molecular complexity index is 1570. The van der Waals surface area contributed by atoms with Crippen molar-refractivity contribution >= 4 is 26.8 Å².